The third-order valence-electron chi connectivity index (χ3n) is 5.99. The topological polar surface area (TPSA) is 59.5 Å². The standard InChI is InChI=1S/C21H18Cl2N2O3S/c1-10-2-5-15-12(8-10)18(26)16-17(11-3-4-13(22)14(23)9-11)25(20(27)19(16)28-15)21-24-6-7-29-21/h3-4,6-7,9-10,12,15,17H,2,5,8H2,1H3. The van der Waals surface area contributed by atoms with Gasteiger partial charge in [0.05, 0.1) is 27.6 Å². The number of nitrogens with zero attached hydrogens (tertiary/aromatic N) is 2. The van der Waals surface area contributed by atoms with Crippen LogP contribution in [0, 0.1) is 11.8 Å². The molecule has 1 amide bonds. The van der Waals surface area contributed by atoms with Gasteiger partial charge in [-0.05, 0) is 42.9 Å². The zero-order valence-corrected chi connectivity index (χ0v) is 17.9. The summed E-state index contributed by atoms with van der Waals surface area (Å²) in [6.45, 7) is 2.16. The molecule has 0 spiro atoms. The van der Waals surface area contributed by atoms with Gasteiger partial charge in [0, 0.05) is 11.6 Å². The summed E-state index contributed by atoms with van der Waals surface area (Å²) >= 11 is 13.7. The van der Waals surface area contributed by atoms with Crippen molar-refractivity contribution in [1.82, 2.24) is 4.98 Å². The summed E-state index contributed by atoms with van der Waals surface area (Å²) in [5.74, 6) is 0.0909. The fourth-order valence-corrected chi connectivity index (χ4v) is 5.58. The molecule has 4 atom stereocenters. The van der Waals surface area contributed by atoms with Crippen LogP contribution >= 0.6 is 34.5 Å². The lowest BCUT2D eigenvalue weighted by Gasteiger charge is -2.37. The fourth-order valence-electron chi connectivity index (χ4n) is 4.61. The molecule has 3 aliphatic rings. The Morgan fingerprint density at radius 1 is 1.21 bits per heavy atom. The Morgan fingerprint density at radius 3 is 2.76 bits per heavy atom. The number of hydrogen-bond acceptors (Lipinski definition) is 5. The predicted molar refractivity (Wildman–Crippen MR) is 112 cm³/mol. The summed E-state index contributed by atoms with van der Waals surface area (Å²) in [6.07, 6.45) is 3.97. The van der Waals surface area contributed by atoms with Crippen LogP contribution in [0.15, 0.2) is 41.1 Å². The molecule has 150 valence electrons. The van der Waals surface area contributed by atoms with Gasteiger partial charge in [-0.15, -0.1) is 11.3 Å². The summed E-state index contributed by atoms with van der Waals surface area (Å²) in [7, 11) is 0. The summed E-state index contributed by atoms with van der Waals surface area (Å²) in [5.41, 5.74) is 1.13. The second-order valence-electron chi connectivity index (χ2n) is 7.85. The van der Waals surface area contributed by atoms with Gasteiger partial charge in [0.2, 0.25) is 0 Å². The lowest BCUT2D eigenvalue weighted by Crippen LogP contribution is -2.41. The first-order valence-corrected chi connectivity index (χ1v) is 11.2. The number of Topliss-reactive ketones (excluding diaryl/α,β-unsaturated/α-hetero) is 1. The average Bonchev–Trinajstić information content (AvgIpc) is 3.32. The van der Waals surface area contributed by atoms with Crippen molar-refractivity contribution >= 4 is 51.4 Å². The van der Waals surface area contributed by atoms with Crippen molar-refractivity contribution in [3.63, 3.8) is 0 Å². The summed E-state index contributed by atoms with van der Waals surface area (Å²) in [5, 5.41) is 3.11. The largest absolute Gasteiger partial charge is 0.483 e. The molecule has 0 radical (unpaired) electrons. The molecule has 5 nitrogen and oxygen atoms in total. The number of ether oxygens (including phenoxy) is 1. The lowest BCUT2D eigenvalue weighted by atomic mass is 9.74. The summed E-state index contributed by atoms with van der Waals surface area (Å²) in [4.78, 5) is 32.8. The molecule has 1 aromatic heterocycles. The minimum absolute atomic E-state index is 0.00581. The quantitative estimate of drug-likeness (QED) is 0.633. The van der Waals surface area contributed by atoms with E-state index >= 15 is 0 Å². The number of carbonyl (C=O) groups is 2. The van der Waals surface area contributed by atoms with Gasteiger partial charge in [0.15, 0.2) is 16.7 Å². The zero-order valence-electron chi connectivity index (χ0n) is 15.6. The van der Waals surface area contributed by atoms with Crippen molar-refractivity contribution in [3.05, 3.63) is 56.7 Å². The minimum atomic E-state index is -0.621. The van der Waals surface area contributed by atoms with Gasteiger partial charge in [0.1, 0.15) is 6.10 Å². The van der Waals surface area contributed by atoms with Crippen molar-refractivity contribution < 1.29 is 14.3 Å². The third kappa shape index (κ3) is 3.00. The highest BCUT2D eigenvalue weighted by atomic mass is 35.5. The van der Waals surface area contributed by atoms with Crippen LogP contribution in [0.5, 0.6) is 0 Å². The van der Waals surface area contributed by atoms with E-state index in [1.807, 2.05) is 0 Å². The Labute approximate surface area is 182 Å². The Morgan fingerprint density at radius 2 is 2.03 bits per heavy atom. The van der Waals surface area contributed by atoms with E-state index in [-0.39, 0.29) is 29.5 Å². The zero-order chi connectivity index (χ0) is 20.3. The van der Waals surface area contributed by atoms with Crippen molar-refractivity contribution in [1.29, 1.82) is 0 Å². The van der Waals surface area contributed by atoms with Crippen LogP contribution in [-0.4, -0.2) is 22.8 Å². The first-order chi connectivity index (χ1) is 14.0. The van der Waals surface area contributed by atoms with Crippen LogP contribution in [0.1, 0.15) is 37.8 Å². The molecule has 1 aromatic carbocycles. The molecular formula is C21H18Cl2N2O3S. The minimum Gasteiger partial charge on any atom is -0.483 e. The van der Waals surface area contributed by atoms with Crippen molar-refractivity contribution in [3.8, 4) is 0 Å². The van der Waals surface area contributed by atoms with Crippen molar-refractivity contribution in [2.24, 2.45) is 11.8 Å². The van der Waals surface area contributed by atoms with Gasteiger partial charge in [-0.2, -0.15) is 0 Å². The first kappa shape index (κ1) is 19.1. The van der Waals surface area contributed by atoms with Gasteiger partial charge in [0.25, 0.3) is 5.91 Å². The number of aromatic nitrogens is 1. The van der Waals surface area contributed by atoms with Crippen molar-refractivity contribution in [2.45, 2.75) is 38.3 Å². The number of amides is 1. The number of rotatable bonds is 2. The molecule has 0 bridgehead atoms. The van der Waals surface area contributed by atoms with E-state index in [1.165, 1.54) is 11.3 Å². The number of halogens is 2. The van der Waals surface area contributed by atoms with Crippen LogP contribution < -0.4 is 4.90 Å². The summed E-state index contributed by atoms with van der Waals surface area (Å²) < 4.78 is 6.16. The van der Waals surface area contributed by atoms with E-state index in [0.717, 1.165) is 19.3 Å². The molecule has 0 saturated heterocycles. The normalized spacial score (nSPS) is 29.0. The Hall–Kier alpha value is -1.89. The Bertz CT molecular complexity index is 1040. The smallest absolute Gasteiger partial charge is 0.296 e. The van der Waals surface area contributed by atoms with E-state index in [2.05, 4.69) is 11.9 Å². The van der Waals surface area contributed by atoms with Crippen LogP contribution in [0.3, 0.4) is 0 Å². The van der Waals surface area contributed by atoms with Gasteiger partial charge in [-0.1, -0.05) is 36.2 Å². The van der Waals surface area contributed by atoms with Crippen LogP contribution in [-0.2, 0) is 14.3 Å². The molecule has 4 unspecified atom stereocenters. The van der Waals surface area contributed by atoms with Gasteiger partial charge < -0.3 is 4.74 Å². The molecule has 0 N–H and O–H groups in total. The SMILES string of the molecule is CC1CCC2OC3=C(C(=O)C2C1)C(c1ccc(Cl)c(Cl)c1)N(c1nccs1)C3=O. The number of fused-ring (bicyclic) bond motifs is 1. The van der Waals surface area contributed by atoms with Gasteiger partial charge in [-0.3, -0.25) is 14.5 Å². The number of ketones is 1. The van der Waals surface area contributed by atoms with Crippen LogP contribution in [0.2, 0.25) is 10.0 Å². The van der Waals surface area contributed by atoms with Crippen LogP contribution in [0.25, 0.3) is 0 Å². The Kier molecular flexibility index (Phi) is 4.68. The van der Waals surface area contributed by atoms with E-state index in [9.17, 15) is 9.59 Å². The monoisotopic (exact) mass is 448 g/mol. The Balaban J connectivity index is 1.65. The molecule has 5 rings (SSSR count). The lowest BCUT2D eigenvalue weighted by molar-refractivity contribution is -0.132. The maximum Gasteiger partial charge on any atom is 0.296 e. The molecule has 29 heavy (non-hydrogen) atoms. The highest BCUT2D eigenvalue weighted by Gasteiger charge is 2.53. The fraction of sp³-hybridized carbons (Fsp3) is 0.381. The molecule has 8 heteroatoms. The van der Waals surface area contributed by atoms with Gasteiger partial charge >= 0.3 is 0 Å². The molecule has 2 aliphatic heterocycles. The van der Waals surface area contributed by atoms with E-state index in [1.54, 1.807) is 34.7 Å². The second kappa shape index (κ2) is 7.11. The molecule has 1 aliphatic carbocycles. The maximum absolute atomic E-state index is 13.6. The van der Waals surface area contributed by atoms with E-state index in [0.29, 0.717) is 32.2 Å². The third-order valence-corrected chi connectivity index (χ3v) is 7.50. The highest BCUT2D eigenvalue weighted by Crippen LogP contribution is 2.49. The molecule has 1 fully saturated rings. The molecule has 1 saturated carbocycles. The summed E-state index contributed by atoms with van der Waals surface area (Å²) in [6, 6.07) is 4.57. The van der Waals surface area contributed by atoms with E-state index in [4.69, 9.17) is 27.9 Å². The first-order valence-electron chi connectivity index (χ1n) is 9.58. The van der Waals surface area contributed by atoms with Gasteiger partial charge in [-0.25, -0.2) is 4.98 Å². The molecule has 3 heterocycles. The highest BCUT2D eigenvalue weighted by molar-refractivity contribution is 7.13. The van der Waals surface area contributed by atoms with Crippen LogP contribution in [0.4, 0.5) is 5.13 Å². The number of thiazole rings is 1. The van der Waals surface area contributed by atoms with E-state index < -0.39 is 6.04 Å². The maximum atomic E-state index is 13.6. The molecular weight excluding hydrogens is 431 g/mol. The second-order valence-corrected chi connectivity index (χ2v) is 9.54. The average molecular weight is 449 g/mol. The number of hydrogen-bond donors (Lipinski definition) is 0. The number of benzene rings is 1. The van der Waals surface area contributed by atoms with Crippen molar-refractivity contribution in [2.75, 3.05) is 4.90 Å². The predicted octanol–water partition coefficient (Wildman–Crippen LogP) is 5.20. The number of carbonyl (C=O) groups excluding carboxylic acids is 2. The number of anilines is 1. The molecule has 2 aromatic rings.